The molecule has 18 heavy (non-hydrogen) atoms. The van der Waals surface area contributed by atoms with E-state index < -0.39 is 11.6 Å². The second kappa shape index (κ2) is 5.27. The molecule has 2 rings (SSSR count). The lowest BCUT2D eigenvalue weighted by molar-refractivity contribution is 0.427. The van der Waals surface area contributed by atoms with Gasteiger partial charge in [0.15, 0.2) is 5.76 Å². The third-order valence-corrected chi connectivity index (χ3v) is 2.60. The van der Waals surface area contributed by atoms with Crippen LogP contribution in [0.25, 0.3) is 11.3 Å². The zero-order chi connectivity index (χ0) is 13.1. The van der Waals surface area contributed by atoms with E-state index in [1.54, 1.807) is 0 Å². The van der Waals surface area contributed by atoms with Crippen LogP contribution in [0.3, 0.4) is 0 Å². The summed E-state index contributed by atoms with van der Waals surface area (Å²) in [6, 6.07) is 3.30. The molecule has 0 amide bonds. The summed E-state index contributed by atoms with van der Waals surface area (Å²) in [5, 5.41) is 3.14. The highest BCUT2D eigenvalue weighted by Gasteiger charge is 2.15. The summed E-state index contributed by atoms with van der Waals surface area (Å²) in [6.07, 6.45) is 1.44. The molecule has 2 aromatic rings. The second-order valence-electron chi connectivity index (χ2n) is 3.97. The standard InChI is InChI=1S/C13H14F2N2O/c1-3-16-8(2)13-17-7-12(18-13)10-5-4-9(14)6-11(10)15/h4-8,16H,3H2,1-2H3. The van der Waals surface area contributed by atoms with Gasteiger partial charge in [-0.25, -0.2) is 13.8 Å². The average molecular weight is 252 g/mol. The lowest BCUT2D eigenvalue weighted by atomic mass is 10.2. The van der Waals surface area contributed by atoms with Crippen LogP contribution in [0.5, 0.6) is 0 Å². The molecule has 1 N–H and O–H groups in total. The van der Waals surface area contributed by atoms with Crippen molar-refractivity contribution in [1.29, 1.82) is 0 Å². The Hall–Kier alpha value is -1.75. The van der Waals surface area contributed by atoms with Crippen LogP contribution in [0, 0.1) is 11.6 Å². The maximum atomic E-state index is 13.6. The Kier molecular flexibility index (Phi) is 3.72. The summed E-state index contributed by atoms with van der Waals surface area (Å²) < 4.78 is 31.8. The van der Waals surface area contributed by atoms with Gasteiger partial charge in [0.1, 0.15) is 11.6 Å². The fourth-order valence-corrected chi connectivity index (χ4v) is 1.70. The van der Waals surface area contributed by atoms with Crippen molar-refractivity contribution in [2.75, 3.05) is 6.54 Å². The Labute approximate surface area is 104 Å². The van der Waals surface area contributed by atoms with Crippen LogP contribution in [0.4, 0.5) is 8.78 Å². The lowest BCUT2D eigenvalue weighted by Crippen LogP contribution is -2.17. The maximum absolute atomic E-state index is 13.6. The van der Waals surface area contributed by atoms with Crippen molar-refractivity contribution in [3.05, 3.63) is 41.9 Å². The number of benzene rings is 1. The van der Waals surface area contributed by atoms with Crippen molar-refractivity contribution in [2.24, 2.45) is 0 Å². The molecule has 0 aliphatic heterocycles. The molecular weight excluding hydrogens is 238 g/mol. The van der Waals surface area contributed by atoms with Gasteiger partial charge in [-0.3, -0.25) is 0 Å². The molecule has 0 saturated carbocycles. The minimum Gasteiger partial charge on any atom is -0.439 e. The Morgan fingerprint density at radius 3 is 2.83 bits per heavy atom. The van der Waals surface area contributed by atoms with Gasteiger partial charge in [-0.15, -0.1) is 0 Å². The molecule has 0 fully saturated rings. The van der Waals surface area contributed by atoms with E-state index in [4.69, 9.17) is 4.42 Å². The van der Waals surface area contributed by atoms with Crippen molar-refractivity contribution in [3.63, 3.8) is 0 Å². The largest absolute Gasteiger partial charge is 0.439 e. The second-order valence-corrected chi connectivity index (χ2v) is 3.97. The fourth-order valence-electron chi connectivity index (χ4n) is 1.70. The van der Waals surface area contributed by atoms with E-state index in [2.05, 4.69) is 10.3 Å². The Morgan fingerprint density at radius 1 is 1.39 bits per heavy atom. The molecule has 0 saturated heterocycles. The summed E-state index contributed by atoms with van der Waals surface area (Å²) >= 11 is 0. The molecule has 0 bridgehead atoms. The Morgan fingerprint density at radius 2 is 2.17 bits per heavy atom. The molecule has 0 aliphatic carbocycles. The van der Waals surface area contributed by atoms with Gasteiger partial charge in [-0.2, -0.15) is 0 Å². The van der Waals surface area contributed by atoms with Gasteiger partial charge in [-0.05, 0) is 25.6 Å². The number of hydrogen-bond donors (Lipinski definition) is 1. The van der Waals surface area contributed by atoms with Crippen molar-refractivity contribution in [1.82, 2.24) is 10.3 Å². The number of nitrogens with zero attached hydrogens (tertiary/aromatic N) is 1. The molecule has 1 aromatic carbocycles. The van der Waals surface area contributed by atoms with E-state index >= 15 is 0 Å². The lowest BCUT2D eigenvalue weighted by Gasteiger charge is -2.06. The molecule has 1 heterocycles. The van der Waals surface area contributed by atoms with E-state index in [1.807, 2.05) is 13.8 Å². The van der Waals surface area contributed by atoms with Crippen LogP contribution in [0.1, 0.15) is 25.8 Å². The SMILES string of the molecule is CCNC(C)c1ncc(-c2ccc(F)cc2F)o1. The first-order valence-electron chi connectivity index (χ1n) is 5.76. The number of oxazole rings is 1. The first-order valence-corrected chi connectivity index (χ1v) is 5.76. The van der Waals surface area contributed by atoms with E-state index in [1.165, 1.54) is 18.3 Å². The zero-order valence-corrected chi connectivity index (χ0v) is 10.2. The molecule has 96 valence electrons. The molecule has 0 spiro atoms. The fraction of sp³-hybridized carbons (Fsp3) is 0.308. The first-order chi connectivity index (χ1) is 8.61. The highest BCUT2D eigenvalue weighted by Crippen LogP contribution is 2.25. The molecule has 1 atom stereocenters. The molecular formula is C13H14F2N2O. The van der Waals surface area contributed by atoms with Crippen molar-refractivity contribution in [2.45, 2.75) is 19.9 Å². The summed E-state index contributed by atoms with van der Waals surface area (Å²) in [5.41, 5.74) is 0.207. The van der Waals surface area contributed by atoms with Gasteiger partial charge in [-0.1, -0.05) is 6.92 Å². The Balaban J connectivity index is 2.29. The highest BCUT2D eigenvalue weighted by atomic mass is 19.1. The van der Waals surface area contributed by atoms with Crippen LogP contribution in [0.15, 0.2) is 28.8 Å². The van der Waals surface area contributed by atoms with Gasteiger partial charge in [0, 0.05) is 6.07 Å². The van der Waals surface area contributed by atoms with Crippen LogP contribution in [0.2, 0.25) is 0 Å². The van der Waals surface area contributed by atoms with Gasteiger partial charge in [0.2, 0.25) is 5.89 Å². The first kappa shape index (κ1) is 12.7. The molecule has 3 nitrogen and oxygen atoms in total. The van der Waals surface area contributed by atoms with E-state index in [0.29, 0.717) is 11.7 Å². The topological polar surface area (TPSA) is 38.1 Å². The summed E-state index contributed by atoms with van der Waals surface area (Å²) in [7, 11) is 0. The summed E-state index contributed by atoms with van der Waals surface area (Å²) in [6.45, 7) is 4.66. The number of rotatable bonds is 4. The number of nitrogens with one attached hydrogen (secondary N) is 1. The predicted octanol–water partition coefficient (Wildman–Crippen LogP) is 3.29. The molecule has 1 unspecified atom stereocenters. The van der Waals surface area contributed by atoms with E-state index in [0.717, 1.165) is 12.6 Å². The smallest absolute Gasteiger partial charge is 0.211 e. The Bertz CT molecular complexity index is 540. The minimum atomic E-state index is -0.659. The molecule has 5 heteroatoms. The van der Waals surface area contributed by atoms with Crippen LogP contribution in [-0.2, 0) is 0 Å². The predicted molar refractivity (Wildman–Crippen MR) is 63.9 cm³/mol. The van der Waals surface area contributed by atoms with Gasteiger partial charge in [0.05, 0.1) is 17.8 Å². The van der Waals surface area contributed by atoms with E-state index in [9.17, 15) is 8.78 Å². The van der Waals surface area contributed by atoms with Crippen LogP contribution < -0.4 is 5.32 Å². The average Bonchev–Trinajstić information content (AvgIpc) is 2.78. The third-order valence-electron chi connectivity index (χ3n) is 2.60. The third kappa shape index (κ3) is 2.56. The van der Waals surface area contributed by atoms with Gasteiger partial charge in [0.25, 0.3) is 0 Å². The molecule has 0 aliphatic rings. The summed E-state index contributed by atoms with van der Waals surface area (Å²) in [5.74, 6) is -0.492. The van der Waals surface area contributed by atoms with Crippen LogP contribution in [-0.4, -0.2) is 11.5 Å². The van der Waals surface area contributed by atoms with Crippen molar-refractivity contribution >= 4 is 0 Å². The number of aromatic nitrogens is 1. The normalized spacial score (nSPS) is 12.7. The number of halogens is 2. The highest BCUT2D eigenvalue weighted by molar-refractivity contribution is 5.57. The summed E-state index contributed by atoms with van der Waals surface area (Å²) in [4.78, 5) is 4.09. The van der Waals surface area contributed by atoms with Crippen molar-refractivity contribution < 1.29 is 13.2 Å². The molecule has 0 radical (unpaired) electrons. The quantitative estimate of drug-likeness (QED) is 0.907. The number of hydrogen-bond acceptors (Lipinski definition) is 3. The van der Waals surface area contributed by atoms with Crippen molar-refractivity contribution in [3.8, 4) is 11.3 Å². The van der Waals surface area contributed by atoms with Gasteiger partial charge < -0.3 is 9.73 Å². The van der Waals surface area contributed by atoms with Gasteiger partial charge >= 0.3 is 0 Å². The van der Waals surface area contributed by atoms with E-state index in [-0.39, 0.29) is 11.6 Å². The zero-order valence-electron chi connectivity index (χ0n) is 10.2. The maximum Gasteiger partial charge on any atom is 0.211 e. The minimum absolute atomic E-state index is 0.0488. The monoisotopic (exact) mass is 252 g/mol. The molecule has 1 aromatic heterocycles. The van der Waals surface area contributed by atoms with Crippen LogP contribution >= 0.6 is 0 Å².